The summed E-state index contributed by atoms with van der Waals surface area (Å²) in [6.07, 6.45) is -12.4. The van der Waals surface area contributed by atoms with E-state index >= 15 is 0 Å². The van der Waals surface area contributed by atoms with Crippen LogP contribution in [0.2, 0.25) is 0 Å². The molecule has 0 radical (unpaired) electrons. The van der Waals surface area contributed by atoms with Gasteiger partial charge in [0.05, 0.1) is 19.8 Å². The quantitative estimate of drug-likeness (QED) is 0.196. The Labute approximate surface area is 177 Å². The van der Waals surface area contributed by atoms with E-state index in [9.17, 15) is 40.9 Å². The average Bonchev–Trinajstić information content (AvgIpc) is 2.75. The smallest absolute Gasteiger partial charge is 0.186 e. The van der Waals surface area contributed by atoms with E-state index in [1.165, 1.54) is 12.1 Å². The van der Waals surface area contributed by atoms with E-state index in [-0.39, 0.29) is 31.3 Å². The molecule has 9 atom stereocenters. The van der Waals surface area contributed by atoms with E-state index in [1.54, 1.807) is 6.07 Å². The van der Waals surface area contributed by atoms with Gasteiger partial charge in [0.1, 0.15) is 42.7 Å². The Morgan fingerprint density at radius 3 is 2.23 bits per heavy atom. The first-order valence-electron chi connectivity index (χ1n) is 9.78. The molecule has 0 aliphatic carbocycles. The van der Waals surface area contributed by atoms with Crippen molar-refractivity contribution in [3.8, 4) is 11.5 Å². The first kappa shape index (κ1) is 24.1. The van der Waals surface area contributed by atoms with Gasteiger partial charge in [-0.15, -0.1) is 0 Å². The van der Waals surface area contributed by atoms with Gasteiger partial charge in [0.2, 0.25) is 0 Å². The number of rotatable bonds is 7. The lowest BCUT2D eigenvalue weighted by molar-refractivity contribution is -0.320. The number of aromatic hydroxyl groups is 2. The topological polar surface area (TPSA) is 199 Å². The molecule has 0 saturated carbocycles. The van der Waals surface area contributed by atoms with Gasteiger partial charge in [-0.2, -0.15) is 0 Å². The number of hydrogen-bond acceptors (Lipinski definition) is 12. The van der Waals surface area contributed by atoms with Crippen molar-refractivity contribution in [3.05, 3.63) is 23.8 Å². The predicted octanol–water partition coefficient (Wildman–Crippen LogP) is -3.08. The van der Waals surface area contributed by atoms with Crippen LogP contribution in [0.5, 0.6) is 11.5 Å². The van der Waals surface area contributed by atoms with Gasteiger partial charge < -0.3 is 59.8 Å². The molecule has 1 aromatic rings. The van der Waals surface area contributed by atoms with E-state index in [0.29, 0.717) is 12.0 Å². The highest BCUT2D eigenvalue weighted by Crippen LogP contribution is 2.26. The van der Waals surface area contributed by atoms with Gasteiger partial charge in [-0.25, -0.2) is 0 Å². The van der Waals surface area contributed by atoms with Gasteiger partial charge in [0.15, 0.2) is 24.1 Å². The van der Waals surface area contributed by atoms with E-state index < -0.39 is 55.3 Å². The Bertz CT molecular complexity index is 717. The van der Waals surface area contributed by atoms with Gasteiger partial charge in [-0.3, -0.25) is 0 Å². The Hall–Kier alpha value is -1.58. The molecule has 1 aromatic carbocycles. The largest absolute Gasteiger partial charge is 0.504 e. The fourth-order valence-corrected chi connectivity index (χ4v) is 3.32. The summed E-state index contributed by atoms with van der Waals surface area (Å²) in [6.45, 7) is -0.616. The van der Waals surface area contributed by atoms with Crippen LogP contribution in [0.1, 0.15) is 5.56 Å². The monoisotopic (exact) mass is 448 g/mol. The maximum absolute atomic E-state index is 10.2. The maximum atomic E-state index is 10.2. The fourth-order valence-electron chi connectivity index (χ4n) is 3.32. The summed E-state index contributed by atoms with van der Waals surface area (Å²) in [5.41, 5.74) is 0.644. The summed E-state index contributed by atoms with van der Waals surface area (Å²) in [7, 11) is 0. The minimum absolute atomic E-state index is 0.0247. The lowest BCUT2D eigenvalue weighted by atomic mass is 9.99. The number of aliphatic hydroxyl groups is 6. The van der Waals surface area contributed by atoms with Gasteiger partial charge >= 0.3 is 0 Å². The molecule has 8 N–H and O–H groups in total. The standard InChI is InChI=1S/C19H28O12/c20-9-2-1-8(5-10(9)21)3-4-28-19-17(27)15(25)14(24)12(31-19)7-30-18-16(26)13(23)11(22)6-29-18/h1-2,5,11-27H,3-4,6-7H2/t11-,12-,13+,14-,15-,16-,17-,18+,19-/m1/s1. The Kier molecular flexibility index (Phi) is 8.04. The zero-order chi connectivity index (χ0) is 22.7. The minimum Gasteiger partial charge on any atom is -0.504 e. The van der Waals surface area contributed by atoms with Crippen molar-refractivity contribution in [1.82, 2.24) is 0 Å². The second-order valence-corrected chi connectivity index (χ2v) is 7.54. The van der Waals surface area contributed by atoms with Crippen LogP contribution in [0.3, 0.4) is 0 Å². The highest BCUT2D eigenvalue weighted by Gasteiger charge is 2.45. The highest BCUT2D eigenvalue weighted by molar-refractivity contribution is 5.40. The van der Waals surface area contributed by atoms with Crippen molar-refractivity contribution >= 4 is 0 Å². The fraction of sp³-hybridized carbons (Fsp3) is 0.684. The normalized spacial score (nSPS) is 38.8. The second kappa shape index (κ2) is 10.4. The average molecular weight is 448 g/mol. The summed E-state index contributed by atoms with van der Waals surface area (Å²) in [5.74, 6) is -0.545. The van der Waals surface area contributed by atoms with Crippen molar-refractivity contribution in [2.75, 3.05) is 19.8 Å². The molecule has 2 aliphatic heterocycles. The molecular formula is C19H28O12. The summed E-state index contributed by atoms with van der Waals surface area (Å²) in [6, 6.07) is 4.25. The highest BCUT2D eigenvalue weighted by atomic mass is 16.7. The molecule has 0 unspecified atom stereocenters. The van der Waals surface area contributed by atoms with Crippen LogP contribution in [0.4, 0.5) is 0 Å². The molecule has 0 amide bonds. The van der Waals surface area contributed by atoms with E-state index in [4.69, 9.17) is 18.9 Å². The van der Waals surface area contributed by atoms with Gasteiger partial charge in [-0.1, -0.05) is 6.07 Å². The van der Waals surface area contributed by atoms with Crippen LogP contribution in [0.15, 0.2) is 18.2 Å². The number of hydrogen-bond donors (Lipinski definition) is 8. The number of ether oxygens (including phenoxy) is 4. The van der Waals surface area contributed by atoms with Gasteiger partial charge in [-0.05, 0) is 24.1 Å². The van der Waals surface area contributed by atoms with E-state index in [2.05, 4.69) is 0 Å². The van der Waals surface area contributed by atoms with Crippen LogP contribution in [-0.4, -0.2) is 116 Å². The van der Waals surface area contributed by atoms with E-state index in [1.807, 2.05) is 0 Å². The SMILES string of the molecule is Oc1ccc(CCO[C@@H]2O[C@H](CO[C@@H]3OC[C@@H](O)[C@H](O)[C@H]3O)[C@@H](O)[C@@H](O)[C@H]2O)cc1O. The molecule has 0 aromatic heterocycles. The summed E-state index contributed by atoms with van der Waals surface area (Å²) < 4.78 is 21.4. The van der Waals surface area contributed by atoms with Crippen molar-refractivity contribution in [1.29, 1.82) is 0 Å². The van der Waals surface area contributed by atoms with Crippen molar-refractivity contribution < 1.29 is 59.8 Å². The third kappa shape index (κ3) is 5.62. The van der Waals surface area contributed by atoms with E-state index in [0.717, 1.165) is 0 Å². The number of benzene rings is 1. The molecule has 0 bridgehead atoms. The van der Waals surface area contributed by atoms with Crippen LogP contribution >= 0.6 is 0 Å². The van der Waals surface area contributed by atoms with Crippen LogP contribution in [-0.2, 0) is 25.4 Å². The lowest BCUT2D eigenvalue weighted by Gasteiger charge is -2.41. The molecule has 176 valence electrons. The molecular weight excluding hydrogens is 420 g/mol. The molecule has 2 heterocycles. The Morgan fingerprint density at radius 2 is 1.52 bits per heavy atom. The van der Waals surface area contributed by atoms with Crippen LogP contribution in [0.25, 0.3) is 0 Å². The van der Waals surface area contributed by atoms with Crippen molar-refractivity contribution in [3.63, 3.8) is 0 Å². The molecule has 2 saturated heterocycles. The zero-order valence-corrected chi connectivity index (χ0v) is 16.5. The lowest BCUT2D eigenvalue weighted by Crippen LogP contribution is -2.60. The third-order valence-electron chi connectivity index (χ3n) is 5.26. The molecule has 2 fully saturated rings. The predicted molar refractivity (Wildman–Crippen MR) is 99.8 cm³/mol. The Balaban J connectivity index is 1.52. The molecule has 2 aliphatic rings. The van der Waals surface area contributed by atoms with Gasteiger partial charge in [0.25, 0.3) is 0 Å². The summed E-state index contributed by atoms with van der Waals surface area (Å²) in [4.78, 5) is 0. The number of phenols is 2. The molecule has 0 spiro atoms. The van der Waals surface area contributed by atoms with Crippen LogP contribution < -0.4 is 0 Å². The molecule has 12 heteroatoms. The minimum atomic E-state index is -1.60. The van der Waals surface area contributed by atoms with Crippen LogP contribution in [0, 0.1) is 0 Å². The molecule has 3 rings (SSSR count). The molecule has 31 heavy (non-hydrogen) atoms. The van der Waals surface area contributed by atoms with Crippen molar-refractivity contribution in [2.45, 2.75) is 61.7 Å². The second-order valence-electron chi connectivity index (χ2n) is 7.54. The number of aliphatic hydroxyl groups excluding tert-OH is 6. The summed E-state index contributed by atoms with van der Waals surface area (Å²) in [5, 5.41) is 78.3. The van der Waals surface area contributed by atoms with Gasteiger partial charge in [0, 0.05) is 0 Å². The first-order chi connectivity index (χ1) is 14.7. The summed E-state index contributed by atoms with van der Waals surface area (Å²) >= 11 is 0. The van der Waals surface area contributed by atoms with Crippen molar-refractivity contribution in [2.24, 2.45) is 0 Å². The maximum Gasteiger partial charge on any atom is 0.186 e. The zero-order valence-electron chi connectivity index (χ0n) is 16.5. The Morgan fingerprint density at radius 1 is 0.806 bits per heavy atom. The molecule has 12 nitrogen and oxygen atoms in total. The first-order valence-corrected chi connectivity index (χ1v) is 9.78. The third-order valence-corrected chi connectivity index (χ3v) is 5.26. The number of phenolic OH excluding ortho intramolecular Hbond substituents is 2.